The second-order valence-electron chi connectivity index (χ2n) is 4.38. The summed E-state index contributed by atoms with van der Waals surface area (Å²) in [6.45, 7) is 9.96. The van der Waals surface area contributed by atoms with Gasteiger partial charge in [0.25, 0.3) is 0 Å². The van der Waals surface area contributed by atoms with E-state index in [2.05, 4.69) is 38.0 Å². The third-order valence-electron chi connectivity index (χ3n) is 2.46. The van der Waals surface area contributed by atoms with Gasteiger partial charge < -0.3 is 5.32 Å². The first-order valence-electron chi connectivity index (χ1n) is 5.81. The molecule has 1 aromatic rings. The Balaban J connectivity index is 2.36. The van der Waals surface area contributed by atoms with E-state index in [0.717, 1.165) is 18.9 Å². The van der Waals surface area contributed by atoms with Crippen LogP contribution in [0, 0.1) is 5.92 Å². The van der Waals surface area contributed by atoms with Crippen molar-refractivity contribution in [2.45, 2.75) is 46.6 Å². The SMILES string of the molecule is CCc1cnc(C(C)NCCC(C)C)s1. The molecule has 3 heteroatoms. The monoisotopic (exact) mass is 226 g/mol. The molecule has 0 spiro atoms. The van der Waals surface area contributed by atoms with Crippen molar-refractivity contribution in [3.63, 3.8) is 0 Å². The molecule has 1 atom stereocenters. The maximum absolute atomic E-state index is 4.44. The average molecular weight is 226 g/mol. The van der Waals surface area contributed by atoms with Gasteiger partial charge in [-0.15, -0.1) is 11.3 Å². The van der Waals surface area contributed by atoms with Crippen LogP contribution in [0.25, 0.3) is 0 Å². The Hall–Kier alpha value is -0.410. The lowest BCUT2D eigenvalue weighted by molar-refractivity contribution is 0.496. The molecule has 0 fully saturated rings. The summed E-state index contributed by atoms with van der Waals surface area (Å²) in [6, 6.07) is 0.397. The van der Waals surface area contributed by atoms with Crippen molar-refractivity contribution in [3.8, 4) is 0 Å². The molecule has 1 rings (SSSR count). The molecule has 15 heavy (non-hydrogen) atoms. The molecular weight excluding hydrogens is 204 g/mol. The van der Waals surface area contributed by atoms with Gasteiger partial charge in [-0.05, 0) is 32.2 Å². The zero-order chi connectivity index (χ0) is 11.3. The second kappa shape index (κ2) is 6.23. The zero-order valence-corrected chi connectivity index (χ0v) is 11.0. The lowest BCUT2D eigenvalue weighted by Crippen LogP contribution is -2.20. The molecule has 1 heterocycles. The Bertz CT molecular complexity index is 281. The van der Waals surface area contributed by atoms with Crippen molar-refractivity contribution in [1.29, 1.82) is 0 Å². The molecule has 0 saturated carbocycles. The van der Waals surface area contributed by atoms with Crippen LogP contribution in [-0.4, -0.2) is 11.5 Å². The van der Waals surface area contributed by atoms with Gasteiger partial charge in [-0.1, -0.05) is 20.8 Å². The molecule has 0 aliphatic carbocycles. The predicted molar refractivity (Wildman–Crippen MR) is 67.4 cm³/mol. The molecule has 0 bridgehead atoms. The van der Waals surface area contributed by atoms with E-state index in [0.29, 0.717) is 6.04 Å². The van der Waals surface area contributed by atoms with Gasteiger partial charge in [-0.2, -0.15) is 0 Å². The summed E-state index contributed by atoms with van der Waals surface area (Å²) >= 11 is 1.83. The van der Waals surface area contributed by atoms with Crippen molar-refractivity contribution < 1.29 is 0 Å². The van der Waals surface area contributed by atoms with Crippen LogP contribution in [0.5, 0.6) is 0 Å². The topological polar surface area (TPSA) is 24.9 Å². The Morgan fingerprint density at radius 3 is 2.67 bits per heavy atom. The van der Waals surface area contributed by atoms with Crippen LogP contribution in [0.15, 0.2) is 6.20 Å². The quantitative estimate of drug-likeness (QED) is 0.804. The number of hydrogen-bond donors (Lipinski definition) is 1. The van der Waals surface area contributed by atoms with Crippen molar-refractivity contribution in [3.05, 3.63) is 16.1 Å². The summed E-state index contributed by atoms with van der Waals surface area (Å²) in [4.78, 5) is 5.82. The van der Waals surface area contributed by atoms with E-state index in [-0.39, 0.29) is 0 Å². The average Bonchev–Trinajstić information content (AvgIpc) is 2.65. The molecule has 0 radical (unpaired) electrons. The number of hydrogen-bond acceptors (Lipinski definition) is 3. The van der Waals surface area contributed by atoms with Crippen LogP contribution in [0.4, 0.5) is 0 Å². The molecule has 1 unspecified atom stereocenters. The summed E-state index contributed by atoms with van der Waals surface area (Å²) in [5.74, 6) is 0.771. The van der Waals surface area contributed by atoms with Gasteiger partial charge in [-0.25, -0.2) is 4.98 Å². The largest absolute Gasteiger partial charge is 0.308 e. The minimum atomic E-state index is 0.397. The molecule has 0 aliphatic heterocycles. The number of nitrogens with zero attached hydrogens (tertiary/aromatic N) is 1. The third-order valence-corrected chi connectivity index (χ3v) is 3.79. The molecule has 2 nitrogen and oxygen atoms in total. The highest BCUT2D eigenvalue weighted by Gasteiger charge is 2.09. The third kappa shape index (κ3) is 4.31. The number of aromatic nitrogens is 1. The first-order chi connectivity index (χ1) is 7.13. The van der Waals surface area contributed by atoms with Crippen molar-refractivity contribution in [2.24, 2.45) is 5.92 Å². The smallest absolute Gasteiger partial charge is 0.109 e. The number of nitrogens with one attached hydrogen (secondary N) is 1. The van der Waals surface area contributed by atoms with E-state index in [1.807, 2.05) is 17.5 Å². The first kappa shape index (κ1) is 12.7. The Morgan fingerprint density at radius 2 is 2.13 bits per heavy atom. The van der Waals surface area contributed by atoms with E-state index < -0.39 is 0 Å². The second-order valence-corrected chi connectivity index (χ2v) is 5.52. The standard InChI is InChI=1S/C12H22N2S/c1-5-11-8-14-12(15-11)10(4)13-7-6-9(2)3/h8-10,13H,5-7H2,1-4H3. The van der Waals surface area contributed by atoms with E-state index in [1.165, 1.54) is 16.3 Å². The molecule has 0 amide bonds. The maximum atomic E-state index is 4.44. The van der Waals surface area contributed by atoms with Crippen LogP contribution in [0.1, 0.15) is 50.0 Å². The van der Waals surface area contributed by atoms with Crippen LogP contribution in [0.2, 0.25) is 0 Å². The summed E-state index contributed by atoms with van der Waals surface area (Å²) in [6.07, 6.45) is 4.33. The fourth-order valence-electron chi connectivity index (χ4n) is 1.36. The number of aryl methyl sites for hydroxylation is 1. The molecule has 0 aromatic carbocycles. The Kier molecular flexibility index (Phi) is 5.26. The summed E-state index contributed by atoms with van der Waals surface area (Å²) in [7, 11) is 0. The maximum Gasteiger partial charge on any atom is 0.109 e. The molecule has 0 saturated heterocycles. The molecule has 1 aromatic heterocycles. The minimum Gasteiger partial charge on any atom is -0.308 e. The Morgan fingerprint density at radius 1 is 1.40 bits per heavy atom. The lowest BCUT2D eigenvalue weighted by Gasteiger charge is -2.11. The fraction of sp³-hybridized carbons (Fsp3) is 0.750. The number of rotatable bonds is 6. The highest BCUT2D eigenvalue weighted by atomic mass is 32.1. The van der Waals surface area contributed by atoms with E-state index in [1.54, 1.807) is 0 Å². The van der Waals surface area contributed by atoms with Crippen molar-refractivity contribution in [2.75, 3.05) is 6.54 Å². The van der Waals surface area contributed by atoms with E-state index in [4.69, 9.17) is 0 Å². The van der Waals surface area contributed by atoms with Gasteiger partial charge in [0.05, 0.1) is 6.04 Å². The predicted octanol–water partition coefficient (Wildman–Crippen LogP) is 3.40. The van der Waals surface area contributed by atoms with Crippen molar-refractivity contribution in [1.82, 2.24) is 10.3 Å². The first-order valence-corrected chi connectivity index (χ1v) is 6.63. The van der Waals surface area contributed by atoms with Crippen LogP contribution < -0.4 is 5.32 Å². The van der Waals surface area contributed by atoms with E-state index >= 15 is 0 Å². The van der Waals surface area contributed by atoms with Crippen LogP contribution in [-0.2, 0) is 6.42 Å². The normalized spacial score (nSPS) is 13.4. The summed E-state index contributed by atoms with van der Waals surface area (Å²) in [5.41, 5.74) is 0. The van der Waals surface area contributed by atoms with Gasteiger partial charge in [0.15, 0.2) is 0 Å². The van der Waals surface area contributed by atoms with Crippen LogP contribution >= 0.6 is 11.3 Å². The Labute approximate surface area is 97.1 Å². The van der Waals surface area contributed by atoms with E-state index in [9.17, 15) is 0 Å². The highest BCUT2D eigenvalue weighted by Crippen LogP contribution is 2.20. The highest BCUT2D eigenvalue weighted by molar-refractivity contribution is 7.11. The number of thiazole rings is 1. The van der Waals surface area contributed by atoms with Gasteiger partial charge >= 0.3 is 0 Å². The summed E-state index contributed by atoms with van der Waals surface area (Å²) in [5, 5.41) is 4.73. The van der Waals surface area contributed by atoms with Gasteiger partial charge in [0, 0.05) is 11.1 Å². The lowest BCUT2D eigenvalue weighted by atomic mass is 10.1. The fourth-order valence-corrected chi connectivity index (χ4v) is 2.25. The summed E-state index contributed by atoms with van der Waals surface area (Å²) < 4.78 is 0. The molecule has 0 aliphatic rings. The molecular formula is C12H22N2S. The minimum absolute atomic E-state index is 0.397. The van der Waals surface area contributed by atoms with Gasteiger partial charge in [0.1, 0.15) is 5.01 Å². The molecule has 86 valence electrons. The zero-order valence-electron chi connectivity index (χ0n) is 10.2. The van der Waals surface area contributed by atoms with Gasteiger partial charge in [0.2, 0.25) is 0 Å². The van der Waals surface area contributed by atoms with Crippen LogP contribution in [0.3, 0.4) is 0 Å². The van der Waals surface area contributed by atoms with Gasteiger partial charge in [-0.3, -0.25) is 0 Å². The molecule has 1 N–H and O–H groups in total. The van der Waals surface area contributed by atoms with Crippen molar-refractivity contribution >= 4 is 11.3 Å².